The minimum absolute atomic E-state index is 0.0907. The molecule has 0 radical (unpaired) electrons. The summed E-state index contributed by atoms with van der Waals surface area (Å²) in [6, 6.07) is 5.03. The summed E-state index contributed by atoms with van der Waals surface area (Å²) in [6.07, 6.45) is 4.95. The standard InChI is InChI=1S/C19H22N6O3/c26-17(23-6-8-25(9-7-23)19-21-3-1-4-22-19)15-2-5-20-16(14-15)18(27)24-10-12-28-13-11-24/h1-5,14H,6-13H2. The first-order valence-electron chi connectivity index (χ1n) is 9.37. The highest BCUT2D eigenvalue weighted by molar-refractivity contribution is 5.98. The molecule has 9 heteroatoms. The Kier molecular flexibility index (Phi) is 5.43. The summed E-state index contributed by atoms with van der Waals surface area (Å²) in [5.41, 5.74) is 0.778. The number of rotatable bonds is 3. The van der Waals surface area contributed by atoms with Gasteiger partial charge in [0, 0.05) is 63.4 Å². The molecular formula is C19H22N6O3. The van der Waals surface area contributed by atoms with Gasteiger partial charge in [0.1, 0.15) is 5.69 Å². The third-order valence-electron chi connectivity index (χ3n) is 4.93. The zero-order valence-corrected chi connectivity index (χ0v) is 15.5. The van der Waals surface area contributed by atoms with E-state index in [-0.39, 0.29) is 11.8 Å². The van der Waals surface area contributed by atoms with E-state index in [4.69, 9.17) is 4.74 Å². The van der Waals surface area contributed by atoms with Crippen molar-refractivity contribution in [3.63, 3.8) is 0 Å². The topological polar surface area (TPSA) is 91.8 Å². The maximum Gasteiger partial charge on any atom is 0.272 e. The lowest BCUT2D eigenvalue weighted by Crippen LogP contribution is -2.49. The van der Waals surface area contributed by atoms with Crippen LogP contribution in [0, 0.1) is 0 Å². The number of ether oxygens (including phenoxy) is 1. The number of anilines is 1. The molecule has 0 bridgehead atoms. The van der Waals surface area contributed by atoms with Gasteiger partial charge in [-0.25, -0.2) is 9.97 Å². The van der Waals surface area contributed by atoms with Gasteiger partial charge in [-0.3, -0.25) is 14.6 Å². The molecular weight excluding hydrogens is 360 g/mol. The van der Waals surface area contributed by atoms with Crippen LogP contribution in [-0.4, -0.2) is 89.0 Å². The van der Waals surface area contributed by atoms with Crippen LogP contribution in [0.3, 0.4) is 0 Å². The van der Waals surface area contributed by atoms with Crippen molar-refractivity contribution in [1.29, 1.82) is 0 Å². The molecule has 0 atom stereocenters. The molecule has 2 amide bonds. The number of carbonyl (C=O) groups is 2. The fourth-order valence-corrected chi connectivity index (χ4v) is 3.36. The van der Waals surface area contributed by atoms with Crippen molar-refractivity contribution < 1.29 is 14.3 Å². The van der Waals surface area contributed by atoms with Crippen LogP contribution in [0.5, 0.6) is 0 Å². The molecule has 2 fully saturated rings. The molecule has 0 saturated carbocycles. The first-order chi connectivity index (χ1) is 13.7. The van der Waals surface area contributed by atoms with E-state index < -0.39 is 0 Å². The molecule has 2 aromatic rings. The summed E-state index contributed by atoms with van der Waals surface area (Å²) in [6.45, 7) is 4.63. The van der Waals surface area contributed by atoms with Crippen molar-refractivity contribution in [3.05, 3.63) is 48.0 Å². The van der Waals surface area contributed by atoms with Crippen molar-refractivity contribution in [1.82, 2.24) is 24.8 Å². The Morgan fingerprint density at radius 2 is 1.50 bits per heavy atom. The van der Waals surface area contributed by atoms with Crippen molar-refractivity contribution in [2.75, 3.05) is 57.4 Å². The minimum atomic E-state index is -0.163. The van der Waals surface area contributed by atoms with Gasteiger partial charge >= 0.3 is 0 Å². The van der Waals surface area contributed by atoms with Crippen LogP contribution in [0.2, 0.25) is 0 Å². The SMILES string of the molecule is O=C(c1ccnc(C(=O)N2CCOCC2)c1)N1CCN(c2ncccn2)CC1. The summed E-state index contributed by atoms with van der Waals surface area (Å²) in [5.74, 6) is 0.424. The van der Waals surface area contributed by atoms with E-state index in [0.717, 1.165) is 0 Å². The molecule has 2 aliphatic heterocycles. The first-order valence-corrected chi connectivity index (χ1v) is 9.37. The van der Waals surface area contributed by atoms with Crippen molar-refractivity contribution >= 4 is 17.8 Å². The van der Waals surface area contributed by atoms with Crippen LogP contribution in [0.4, 0.5) is 5.95 Å². The molecule has 0 aliphatic carbocycles. The summed E-state index contributed by atoms with van der Waals surface area (Å²) in [4.78, 5) is 43.7. The number of hydrogen-bond acceptors (Lipinski definition) is 7. The third kappa shape index (κ3) is 3.94. The molecule has 9 nitrogen and oxygen atoms in total. The van der Waals surface area contributed by atoms with Gasteiger partial charge in [-0.1, -0.05) is 0 Å². The molecule has 0 unspecified atom stereocenters. The second kappa shape index (κ2) is 8.30. The average Bonchev–Trinajstić information content (AvgIpc) is 2.79. The summed E-state index contributed by atoms with van der Waals surface area (Å²) in [5, 5.41) is 0. The maximum absolute atomic E-state index is 12.9. The number of amides is 2. The van der Waals surface area contributed by atoms with Crippen LogP contribution >= 0.6 is 0 Å². The number of nitrogens with zero attached hydrogens (tertiary/aromatic N) is 6. The Labute approximate surface area is 163 Å². The van der Waals surface area contributed by atoms with Gasteiger partial charge in [-0.05, 0) is 18.2 Å². The Morgan fingerprint density at radius 1 is 0.821 bits per heavy atom. The van der Waals surface area contributed by atoms with E-state index >= 15 is 0 Å². The number of pyridine rings is 1. The Bertz CT molecular complexity index is 833. The minimum Gasteiger partial charge on any atom is -0.378 e. The maximum atomic E-state index is 12.9. The van der Waals surface area contributed by atoms with E-state index in [0.29, 0.717) is 69.7 Å². The highest BCUT2D eigenvalue weighted by Gasteiger charge is 2.25. The van der Waals surface area contributed by atoms with E-state index in [1.807, 2.05) is 0 Å². The van der Waals surface area contributed by atoms with Crippen molar-refractivity contribution in [3.8, 4) is 0 Å². The molecule has 0 aromatic carbocycles. The molecule has 2 saturated heterocycles. The van der Waals surface area contributed by atoms with Crippen LogP contribution in [0.15, 0.2) is 36.8 Å². The smallest absolute Gasteiger partial charge is 0.272 e. The predicted octanol–water partition coefficient (Wildman–Crippen LogP) is 0.306. The monoisotopic (exact) mass is 382 g/mol. The van der Waals surface area contributed by atoms with E-state index in [1.54, 1.807) is 40.4 Å². The highest BCUT2D eigenvalue weighted by Crippen LogP contribution is 2.14. The van der Waals surface area contributed by atoms with Crippen molar-refractivity contribution in [2.45, 2.75) is 0 Å². The van der Waals surface area contributed by atoms with Crippen LogP contribution in [0.25, 0.3) is 0 Å². The van der Waals surface area contributed by atoms with E-state index in [2.05, 4.69) is 19.9 Å². The quantitative estimate of drug-likeness (QED) is 0.754. The molecule has 146 valence electrons. The number of morpholine rings is 1. The van der Waals surface area contributed by atoms with Crippen LogP contribution < -0.4 is 4.90 Å². The zero-order valence-electron chi connectivity index (χ0n) is 15.5. The van der Waals surface area contributed by atoms with Gasteiger partial charge in [0.25, 0.3) is 11.8 Å². The van der Waals surface area contributed by atoms with Gasteiger partial charge in [0.05, 0.1) is 13.2 Å². The molecule has 2 aliphatic rings. The third-order valence-corrected chi connectivity index (χ3v) is 4.93. The lowest BCUT2D eigenvalue weighted by molar-refractivity contribution is 0.0299. The predicted molar refractivity (Wildman–Crippen MR) is 101 cm³/mol. The fourth-order valence-electron chi connectivity index (χ4n) is 3.36. The van der Waals surface area contributed by atoms with Crippen LogP contribution in [-0.2, 0) is 4.74 Å². The number of carbonyl (C=O) groups excluding carboxylic acids is 2. The highest BCUT2D eigenvalue weighted by atomic mass is 16.5. The normalized spacial score (nSPS) is 17.5. The number of hydrogen-bond donors (Lipinski definition) is 0. The van der Waals surface area contributed by atoms with Gasteiger partial charge in [0.15, 0.2) is 0 Å². The van der Waals surface area contributed by atoms with Crippen molar-refractivity contribution in [2.24, 2.45) is 0 Å². The summed E-state index contributed by atoms with van der Waals surface area (Å²) < 4.78 is 5.28. The Hall–Kier alpha value is -3.07. The van der Waals surface area contributed by atoms with E-state index in [1.165, 1.54) is 6.20 Å². The molecule has 0 spiro atoms. The second-order valence-electron chi connectivity index (χ2n) is 6.66. The largest absolute Gasteiger partial charge is 0.378 e. The van der Waals surface area contributed by atoms with Gasteiger partial charge in [-0.15, -0.1) is 0 Å². The Morgan fingerprint density at radius 3 is 2.21 bits per heavy atom. The second-order valence-corrected chi connectivity index (χ2v) is 6.66. The molecule has 4 heterocycles. The summed E-state index contributed by atoms with van der Waals surface area (Å²) in [7, 11) is 0. The van der Waals surface area contributed by atoms with Gasteiger partial charge in [0.2, 0.25) is 5.95 Å². The van der Waals surface area contributed by atoms with E-state index in [9.17, 15) is 9.59 Å². The lowest BCUT2D eigenvalue weighted by Gasteiger charge is -2.34. The lowest BCUT2D eigenvalue weighted by atomic mass is 10.1. The molecule has 28 heavy (non-hydrogen) atoms. The van der Waals surface area contributed by atoms with Gasteiger partial charge in [-0.2, -0.15) is 0 Å². The molecule has 0 N–H and O–H groups in total. The first kappa shape index (κ1) is 18.3. The zero-order chi connectivity index (χ0) is 19.3. The Balaban J connectivity index is 1.40. The fraction of sp³-hybridized carbons (Fsp3) is 0.421. The number of aromatic nitrogens is 3. The molecule has 4 rings (SSSR count). The molecule has 2 aromatic heterocycles. The van der Waals surface area contributed by atoms with Gasteiger partial charge < -0.3 is 19.4 Å². The summed E-state index contributed by atoms with van der Waals surface area (Å²) >= 11 is 0. The van der Waals surface area contributed by atoms with Crippen LogP contribution in [0.1, 0.15) is 20.8 Å². The number of piperazine rings is 1. The average molecular weight is 382 g/mol.